The highest BCUT2D eigenvalue weighted by Gasteiger charge is 2.43. The van der Waals surface area contributed by atoms with Crippen molar-refractivity contribution in [2.45, 2.75) is 51.1 Å². The summed E-state index contributed by atoms with van der Waals surface area (Å²) in [5, 5.41) is 2.87. The Kier molecular flexibility index (Phi) is 6.07. The van der Waals surface area contributed by atoms with E-state index in [0.29, 0.717) is 6.54 Å². The molecule has 1 N–H and O–H groups in total. The van der Waals surface area contributed by atoms with E-state index in [1.54, 1.807) is 0 Å². The van der Waals surface area contributed by atoms with Crippen molar-refractivity contribution in [2.75, 3.05) is 19.6 Å². The Morgan fingerprint density at radius 3 is 2.48 bits per heavy atom. The number of allylic oxidation sites excluding steroid dienone is 1. The standard InChI is InChI=1S/C16H23F3N2O2/c17-16(18,19)15(23)21-10-7-13(8-11-21)14(22)20-9-6-12-4-2-1-3-5-12/h4,13H,1-3,5-11H2,(H,20,22). The van der Waals surface area contributed by atoms with Crippen LogP contribution < -0.4 is 5.32 Å². The zero-order valence-electron chi connectivity index (χ0n) is 13.1. The molecule has 0 aromatic heterocycles. The van der Waals surface area contributed by atoms with Crippen molar-refractivity contribution >= 4 is 11.8 Å². The van der Waals surface area contributed by atoms with Gasteiger partial charge in [0.15, 0.2) is 0 Å². The number of alkyl halides is 3. The molecule has 0 bridgehead atoms. The Balaban J connectivity index is 1.69. The van der Waals surface area contributed by atoms with Gasteiger partial charge in [-0.1, -0.05) is 11.6 Å². The molecule has 0 atom stereocenters. The molecule has 1 saturated heterocycles. The zero-order chi connectivity index (χ0) is 16.9. The molecule has 1 heterocycles. The lowest BCUT2D eigenvalue weighted by Crippen LogP contribution is -2.47. The first-order valence-corrected chi connectivity index (χ1v) is 8.19. The van der Waals surface area contributed by atoms with Crippen molar-refractivity contribution in [1.29, 1.82) is 0 Å². The fraction of sp³-hybridized carbons (Fsp3) is 0.750. The van der Waals surface area contributed by atoms with Crippen molar-refractivity contribution in [3.05, 3.63) is 11.6 Å². The van der Waals surface area contributed by atoms with Crippen LogP contribution in [0.5, 0.6) is 0 Å². The quantitative estimate of drug-likeness (QED) is 0.805. The van der Waals surface area contributed by atoms with Crippen LogP contribution in [0.1, 0.15) is 44.9 Å². The number of hydrogen-bond acceptors (Lipinski definition) is 2. The number of nitrogens with one attached hydrogen (secondary N) is 1. The summed E-state index contributed by atoms with van der Waals surface area (Å²) in [7, 11) is 0. The number of nitrogens with zero attached hydrogens (tertiary/aromatic N) is 1. The molecule has 2 aliphatic rings. The molecule has 2 amide bonds. The van der Waals surface area contributed by atoms with Crippen LogP contribution in [0.25, 0.3) is 0 Å². The highest BCUT2D eigenvalue weighted by atomic mass is 19.4. The molecule has 4 nitrogen and oxygen atoms in total. The molecule has 0 saturated carbocycles. The van der Waals surface area contributed by atoms with E-state index in [2.05, 4.69) is 11.4 Å². The second-order valence-electron chi connectivity index (χ2n) is 6.21. The first-order chi connectivity index (χ1) is 10.9. The van der Waals surface area contributed by atoms with Crippen LogP contribution >= 0.6 is 0 Å². The lowest BCUT2D eigenvalue weighted by Gasteiger charge is -2.31. The first-order valence-electron chi connectivity index (χ1n) is 8.19. The summed E-state index contributed by atoms with van der Waals surface area (Å²) < 4.78 is 37.1. The van der Waals surface area contributed by atoms with Gasteiger partial charge in [-0.05, 0) is 44.9 Å². The number of halogens is 3. The molecular weight excluding hydrogens is 309 g/mol. The number of piperidine rings is 1. The zero-order valence-corrected chi connectivity index (χ0v) is 13.1. The van der Waals surface area contributed by atoms with Crippen LogP contribution in [0, 0.1) is 5.92 Å². The van der Waals surface area contributed by atoms with Crippen molar-refractivity contribution < 1.29 is 22.8 Å². The number of carbonyl (C=O) groups excluding carboxylic acids is 2. The van der Waals surface area contributed by atoms with Gasteiger partial charge in [0, 0.05) is 25.6 Å². The molecule has 0 unspecified atom stereocenters. The smallest absolute Gasteiger partial charge is 0.356 e. The van der Waals surface area contributed by atoms with E-state index in [-0.39, 0.29) is 37.8 Å². The average molecular weight is 332 g/mol. The first kappa shape index (κ1) is 17.8. The SMILES string of the molecule is O=C(NCCC1=CCCCC1)C1CCN(C(=O)C(F)(F)F)CC1. The second-order valence-corrected chi connectivity index (χ2v) is 6.21. The minimum Gasteiger partial charge on any atom is -0.356 e. The van der Waals surface area contributed by atoms with Gasteiger partial charge in [-0.3, -0.25) is 9.59 Å². The molecule has 2 rings (SSSR count). The summed E-state index contributed by atoms with van der Waals surface area (Å²) in [5.41, 5.74) is 1.38. The fourth-order valence-corrected chi connectivity index (χ4v) is 3.15. The maximum Gasteiger partial charge on any atom is 0.471 e. The molecule has 130 valence electrons. The third-order valence-corrected chi connectivity index (χ3v) is 4.53. The molecule has 1 aliphatic heterocycles. The number of amides is 2. The fourth-order valence-electron chi connectivity index (χ4n) is 3.15. The van der Waals surface area contributed by atoms with Crippen LogP contribution in [0.2, 0.25) is 0 Å². The van der Waals surface area contributed by atoms with Crippen LogP contribution in [-0.4, -0.2) is 42.5 Å². The van der Waals surface area contributed by atoms with Gasteiger partial charge in [0.05, 0.1) is 0 Å². The van der Waals surface area contributed by atoms with E-state index in [1.807, 2.05) is 0 Å². The topological polar surface area (TPSA) is 49.4 Å². The predicted molar refractivity (Wildman–Crippen MR) is 79.5 cm³/mol. The highest BCUT2D eigenvalue weighted by molar-refractivity contribution is 5.83. The third kappa shape index (κ3) is 5.25. The lowest BCUT2D eigenvalue weighted by molar-refractivity contribution is -0.186. The number of likely N-dealkylation sites (tertiary alicyclic amines) is 1. The van der Waals surface area contributed by atoms with E-state index in [9.17, 15) is 22.8 Å². The average Bonchev–Trinajstić information content (AvgIpc) is 2.54. The van der Waals surface area contributed by atoms with Gasteiger partial charge in [0.2, 0.25) is 5.91 Å². The monoisotopic (exact) mass is 332 g/mol. The van der Waals surface area contributed by atoms with Crippen molar-refractivity contribution in [3.63, 3.8) is 0 Å². The van der Waals surface area contributed by atoms with Gasteiger partial charge in [-0.15, -0.1) is 0 Å². The van der Waals surface area contributed by atoms with Crippen molar-refractivity contribution in [3.8, 4) is 0 Å². The molecule has 7 heteroatoms. The van der Waals surface area contributed by atoms with Gasteiger partial charge in [-0.25, -0.2) is 0 Å². The molecule has 0 aromatic rings. The van der Waals surface area contributed by atoms with Crippen molar-refractivity contribution in [2.24, 2.45) is 5.92 Å². The Morgan fingerprint density at radius 2 is 1.91 bits per heavy atom. The summed E-state index contributed by atoms with van der Waals surface area (Å²) in [6, 6.07) is 0. The van der Waals surface area contributed by atoms with Gasteiger partial charge in [0.25, 0.3) is 0 Å². The van der Waals surface area contributed by atoms with E-state index in [1.165, 1.54) is 18.4 Å². The summed E-state index contributed by atoms with van der Waals surface area (Å²) in [5.74, 6) is -2.21. The Bertz CT molecular complexity index is 466. The summed E-state index contributed by atoms with van der Waals surface area (Å²) in [4.78, 5) is 24.0. The van der Waals surface area contributed by atoms with Gasteiger partial charge < -0.3 is 10.2 Å². The number of rotatable bonds is 4. The van der Waals surface area contributed by atoms with E-state index in [0.717, 1.165) is 24.2 Å². The summed E-state index contributed by atoms with van der Waals surface area (Å²) >= 11 is 0. The van der Waals surface area contributed by atoms with Gasteiger partial charge in [0.1, 0.15) is 0 Å². The minimum atomic E-state index is -4.83. The molecular formula is C16H23F3N2O2. The number of carbonyl (C=O) groups is 2. The van der Waals surface area contributed by atoms with Crippen LogP contribution in [-0.2, 0) is 9.59 Å². The van der Waals surface area contributed by atoms with E-state index in [4.69, 9.17) is 0 Å². The maximum atomic E-state index is 12.4. The minimum absolute atomic E-state index is 0.0123. The molecule has 0 spiro atoms. The molecule has 1 aliphatic carbocycles. The third-order valence-electron chi connectivity index (χ3n) is 4.53. The molecule has 0 aromatic carbocycles. The predicted octanol–water partition coefficient (Wildman–Crippen LogP) is 2.79. The van der Waals surface area contributed by atoms with E-state index < -0.39 is 12.1 Å². The Labute approximate surface area is 134 Å². The van der Waals surface area contributed by atoms with Crippen molar-refractivity contribution in [1.82, 2.24) is 10.2 Å². The second kappa shape index (κ2) is 7.84. The summed E-state index contributed by atoms with van der Waals surface area (Å²) in [6.45, 7) is 0.551. The van der Waals surface area contributed by atoms with Crippen LogP contribution in [0.4, 0.5) is 13.2 Å². The van der Waals surface area contributed by atoms with E-state index >= 15 is 0 Å². The molecule has 23 heavy (non-hydrogen) atoms. The Morgan fingerprint density at radius 1 is 1.22 bits per heavy atom. The number of hydrogen-bond donors (Lipinski definition) is 1. The van der Waals surface area contributed by atoms with Crippen LogP contribution in [0.3, 0.4) is 0 Å². The normalized spacial score (nSPS) is 20.1. The van der Waals surface area contributed by atoms with Gasteiger partial charge >= 0.3 is 12.1 Å². The largest absolute Gasteiger partial charge is 0.471 e. The molecule has 1 fully saturated rings. The summed E-state index contributed by atoms with van der Waals surface area (Å²) in [6.07, 6.45) is 3.45. The lowest BCUT2D eigenvalue weighted by atomic mass is 9.95. The maximum absolute atomic E-state index is 12.4. The van der Waals surface area contributed by atoms with Gasteiger partial charge in [-0.2, -0.15) is 13.2 Å². The molecule has 0 radical (unpaired) electrons. The Hall–Kier alpha value is -1.53. The van der Waals surface area contributed by atoms with Crippen LogP contribution in [0.15, 0.2) is 11.6 Å². The highest BCUT2D eigenvalue weighted by Crippen LogP contribution is 2.24.